The lowest BCUT2D eigenvalue weighted by molar-refractivity contribution is 0.262. The number of hydrogen-bond donors (Lipinski definition) is 2. The van der Waals surface area contributed by atoms with Crippen LogP contribution in [0.25, 0.3) is 10.8 Å². The second kappa shape index (κ2) is 8.62. The minimum Gasteiger partial charge on any atom is -0.444 e. The van der Waals surface area contributed by atoms with Crippen molar-refractivity contribution in [3.63, 3.8) is 0 Å². The Morgan fingerprint density at radius 2 is 1.65 bits per heavy atom. The topological polar surface area (TPSA) is 105 Å². The summed E-state index contributed by atoms with van der Waals surface area (Å²) in [7, 11) is -2.28. The van der Waals surface area contributed by atoms with Gasteiger partial charge in [0.1, 0.15) is 10.5 Å². The number of hydrogen-bond acceptors (Lipinski definition) is 6. The predicted octanol–water partition coefficient (Wildman–Crippen LogP) is 4.87. The summed E-state index contributed by atoms with van der Waals surface area (Å²) in [5.74, 6) is 0.373. The maximum atomic E-state index is 13.0. The number of amides is 2. The Morgan fingerprint density at radius 3 is 2.29 bits per heavy atom. The number of rotatable bonds is 6. The van der Waals surface area contributed by atoms with Crippen molar-refractivity contribution in [2.24, 2.45) is 0 Å². The number of aromatic nitrogens is 1. The number of oxazole rings is 1. The highest BCUT2D eigenvalue weighted by Gasteiger charge is 2.24. The molecular weight excluding hydrogens is 436 g/mol. The van der Waals surface area contributed by atoms with E-state index in [4.69, 9.17) is 4.42 Å². The van der Waals surface area contributed by atoms with Crippen LogP contribution in [0, 0.1) is 0 Å². The standard InChI is InChI=1S/C21H18N4O4S2/c1-25(31(27,28)19-12-11-18(30-19)20-22-13-14-29-20)17-9-7-16(8-10-17)24-21(26)23-15-5-3-2-4-6-15/h2-14H,1H3,(H2,23,24,26). The first kappa shape index (κ1) is 20.6. The monoisotopic (exact) mass is 454 g/mol. The molecule has 0 spiro atoms. The van der Waals surface area contributed by atoms with Crippen LogP contribution in [0.2, 0.25) is 0 Å². The third-order valence-corrected chi connectivity index (χ3v) is 7.69. The van der Waals surface area contributed by atoms with Gasteiger partial charge in [0.2, 0.25) is 5.89 Å². The number of nitrogens with zero attached hydrogens (tertiary/aromatic N) is 2. The summed E-state index contributed by atoms with van der Waals surface area (Å²) >= 11 is 1.08. The predicted molar refractivity (Wildman–Crippen MR) is 121 cm³/mol. The molecule has 4 rings (SSSR count). The van der Waals surface area contributed by atoms with Crippen LogP contribution in [0.3, 0.4) is 0 Å². The number of urea groups is 1. The fourth-order valence-electron chi connectivity index (χ4n) is 2.76. The smallest absolute Gasteiger partial charge is 0.323 e. The Morgan fingerprint density at radius 1 is 0.968 bits per heavy atom. The molecule has 0 radical (unpaired) electrons. The van der Waals surface area contributed by atoms with E-state index >= 15 is 0 Å². The minimum atomic E-state index is -3.76. The Labute approximate surface area is 183 Å². The molecule has 2 heterocycles. The fourth-order valence-corrected chi connectivity index (χ4v) is 5.37. The lowest BCUT2D eigenvalue weighted by Crippen LogP contribution is -2.25. The van der Waals surface area contributed by atoms with E-state index in [1.807, 2.05) is 18.2 Å². The highest BCUT2D eigenvalue weighted by molar-refractivity contribution is 7.94. The molecule has 2 N–H and O–H groups in total. The zero-order valence-corrected chi connectivity index (χ0v) is 18.0. The summed E-state index contributed by atoms with van der Waals surface area (Å²) in [4.78, 5) is 16.8. The van der Waals surface area contributed by atoms with Crippen molar-refractivity contribution in [2.45, 2.75) is 4.21 Å². The molecule has 2 amide bonds. The van der Waals surface area contributed by atoms with Crippen molar-refractivity contribution < 1.29 is 17.6 Å². The highest BCUT2D eigenvalue weighted by Crippen LogP contribution is 2.32. The van der Waals surface area contributed by atoms with Gasteiger partial charge in [0.05, 0.1) is 16.8 Å². The molecule has 0 aliphatic heterocycles. The number of thiophene rings is 1. The lowest BCUT2D eigenvalue weighted by Gasteiger charge is -2.19. The normalized spacial score (nSPS) is 11.1. The Hall–Kier alpha value is -3.63. The van der Waals surface area contributed by atoms with Crippen LogP contribution in [-0.4, -0.2) is 26.5 Å². The molecule has 0 atom stereocenters. The van der Waals surface area contributed by atoms with Crippen LogP contribution in [0.5, 0.6) is 0 Å². The fraction of sp³-hybridized carbons (Fsp3) is 0.0476. The SMILES string of the molecule is CN(c1ccc(NC(=O)Nc2ccccc2)cc1)S(=O)(=O)c1ccc(-c2ncco2)s1. The van der Waals surface area contributed by atoms with Gasteiger partial charge < -0.3 is 15.1 Å². The summed E-state index contributed by atoms with van der Waals surface area (Å²) in [5, 5.41) is 5.43. The number of nitrogens with one attached hydrogen (secondary N) is 2. The van der Waals surface area contributed by atoms with Gasteiger partial charge in [-0.1, -0.05) is 18.2 Å². The van der Waals surface area contributed by atoms with Gasteiger partial charge in [-0.15, -0.1) is 11.3 Å². The summed E-state index contributed by atoms with van der Waals surface area (Å²) in [6.45, 7) is 0. The largest absolute Gasteiger partial charge is 0.444 e. The van der Waals surface area contributed by atoms with E-state index in [2.05, 4.69) is 15.6 Å². The van der Waals surface area contributed by atoms with Crippen molar-refractivity contribution in [1.82, 2.24) is 4.98 Å². The Bertz CT molecular complexity index is 1270. The summed E-state index contributed by atoms with van der Waals surface area (Å²) < 4.78 is 32.6. The first-order valence-electron chi connectivity index (χ1n) is 9.15. The van der Waals surface area contributed by atoms with Crippen LogP contribution < -0.4 is 14.9 Å². The maximum Gasteiger partial charge on any atom is 0.323 e. The van der Waals surface area contributed by atoms with Crippen molar-refractivity contribution in [3.05, 3.63) is 79.2 Å². The third-order valence-electron chi connectivity index (χ3n) is 4.36. The van der Waals surface area contributed by atoms with Gasteiger partial charge >= 0.3 is 6.03 Å². The van der Waals surface area contributed by atoms with Crippen molar-refractivity contribution in [2.75, 3.05) is 22.0 Å². The molecule has 0 bridgehead atoms. The molecule has 2 aromatic carbocycles. The van der Waals surface area contributed by atoms with E-state index in [0.717, 1.165) is 11.3 Å². The first-order valence-corrected chi connectivity index (χ1v) is 11.4. The van der Waals surface area contributed by atoms with Crippen LogP contribution in [0.4, 0.5) is 21.9 Å². The molecule has 8 nitrogen and oxygen atoms in total. The van der Waals surface area contributed by atoms with E-state index in [1.54, 1.807) is 42.5 Å². The van der Waals surface area contributed by atoms with Gasteiger partial charge in [-0.05, 0) is 48.5 Å². The number of carbonyl (C=O) groups excluding carboxylic acids is 1. The van der Waals surface area contributed by atoms with Crippen LogP contribution >= 0.6 is 11.3 Å². The van der Waals surface area contributed by atoms with Gasteiger partial charge in [0, 0.05) is 18.4 Å². The van der Waals surface area contributed by atoms with Crippen molar-refractivity contribution in [3.8, 4) is 10.8 Å². The van der Waals surface area contributed by atoms with E-state index < -0.39 is 16.1 Å². The molecule has 0 unspecified atom stereocenters. The number of benzene rings is 2. The average molecular weight is 455 g/mol. The summed E-state index contributed by atoms with van der Waals surface area (Å²) in [6, 6.07) is 18.4. The Kier molecular flexibility index (Phi) is 5.74. The molecule has 0 saturated carbocycles. The number of sulfonamides is 1. The molecule has 10 heteroatoms. The highest BCUT2D eigenvalue weighted by atomic mass is 32.2. The van der Waals surface area contributed by atoms with Crippen LogP contribution in [0.1, 0.15) is 0 Å². The molecule has 0 fully saturated rings. The second-order valence-electron chi connectivity index (χ2n) is 6.42. The molecule has 2 aromatic heterocycles. The first-order chi connectivity index (χ1) is 14.9. The zero-order chi connectivity index (χ0) is 21.8. The van der Waals surface area contributed by atoms with Crippen molar-refractivity contribution in [1.29, 1.82) is 0 Å². The van der Waals surface area contributed by atoms with Gasteiger partial charge in [-0.3, -0.25) is 4.31 Å². The van der Waals surface area contributed by atoms with E-state index in [1.165, 1.54) is 29.9 Å². The van der Waals surface area contributed by atoms with Crippen molar-refractivity contribution >= 4 is 44.5 Å². The van der Waals surface area contributed by atoms with Crippen LogP contribution in [0.15, 0.2) is 87.8 Å². The second-order valence-corrected chi connectivity index (χ2v) is 9.70. The molecule has 0 aliphatic rings. The molecule has 158 valence electrons. The van der Waals surface area contributed by atoms with E-state index in [9.17, 15) is 13.2 Å². The van der Waals surface area contributed by atoms with Gasteiger partial charge in [-0.2, -0.15) is 0 Å². The number of anilines is 3. The molecular formula is C21H18N4O4S2. The molecule has 0 saturated heterocycles. The van der Waals surface area contributed by atoms with E-state index in [0.29, 0.717) is 27.8 Å². The van der Waals surface area contributed by atoms with Gasteiger partial charge in [0.25, 0.3) is 10.0 Å². The molecule has 0 aliphatic carbocycles. The summed E-state index contributed by atoms with van der Waals surface area (Å²) in [5.41, 5.74) is 1.66. The van der Waals surface area contributed by atoms with Crippen LogP contribution in [-0.2, 0) is 10.0 Å². The minimum absolute atomic E-state index is 0.174. The van der Waals surface area contributed by atoms with E-state index in [-0.39, 0.29) is 4.21 Å². The zero-order valence-electron chi connectivity index (χ0n) is 16.3. The maximum absolute atomic E-state index is 13.0. The molecule has 31 heavy (non-hydrogen) atoms. The quantitative estimate of drug-likeness (QED) is 0.432. The third kappa shape index (κ3) is 4.60. The van der Waals surface area contributed by atoms with Gasteiger partial charge in [-0.25, -0.2) is 18.2 Å². The number of carbonyl (C=O) groups is 1. The summed E-state index contributed by atoms with van der Waals surface area (Å²) in [6.07, 6.45) is 2.94. The lowest BCUT2D eigenvalue weighted by atomic mass is 10.3. The van der Waals surface area contributed by atoms with Gasteiger partial charge in [0.15, 0.2) is 0 Å². The average Bonchev–Trinajstić information content (AvgIpc) is 3.46. The number of para-hydroxylation sites is 1. The Balaban J connectivity index is 1.45. The molecule has 4 aromatic rings.